The summed E-state index contributed by atoms with van der Waals surface area (Å²) in [4.78, 5) is 0. The summed E-state index contributed by atoms with van der Waals surface area (Å²) in [5, 5.41) is 8.21. The van der Waals surface area contributed by atoms with Crippen LogP contribution in [0.25, 0.3) is 11.5 Å². The third-order valence-electron chi connectivity index (χ3n) is 1.97. The number of methoxy groups -OCH3 is 1. The maximum absolute atomic E-state index is 5.89. The van der Waals surface area contributed by atoms with E-state index in [-0.39, 0.29) is 5.88 Å². The molecule has 16 heavy (non-hydrogen) atoms. The lowest BCUT2D eigenvalue weighted by Gasteiger charge is -2.04. The van der Waals surface area contributed by atoms with Crippen molar-refractivity contribution in [3.8, 4) is 17.2 Å². The molecule has 0 aliphatic carbocycles. The molecule has 0 saturated carbocycles. The molecule has 0 saturated heterocycles. The fraction of sp³-hybridized carbons (Fsp3) is 0.200. The molecule has 0 N–H and O–H groups in total. The fourth-order valence-corrected chi connectivity index (χ4v) is 1.54. The summed E-state index contributed by atoms with van der Waals surface area (Å²) in [6.45, 7) is 0. The highest BCUT2D eigenvalue weighted by atomic mass is 35.5. The first-order valence-corrected chi connectivity index (χ1v) is 5.38. The quantitative estimate of drug-likeness (QED) is 0.794. The van der Waals surface area contributed by atoms with E-state index in [0.717, 1.165) is 0 Å². The topological polar surface area (TPSA) is 48.2 Å². The number of ether oxygens (including phenoxy) is 1. The molecule has 0 fully saturated rings. The van der Waals surface area contributed by atoms with Gasteiger partial charge in [0.2, 0.25) is 5.89 Å². The fourth-order valence-electron chi connectivity index (χ4n) is 1.26. The van der Waals surface area contributed by atoms with Crippen molar-refractivity contribution in [1.82, 2.24) is 10.2 Å². The minimum atomic E-state index is 0.176. The summed E-state index contributed by atoms with van der Waals surface area (Å²) >= 11 is 11.5. The Labute approximate surface area is 102 Å². The van der Waals surface area contributed by atoms with Gasteiger partial charge in [0.1, 0.15) is 11.6 Å². The molecule has 0 aliphatic rings. The van der Waals surface area contributed by atoms with E-state index in [2.05, 4.69) is 10.2 Å². The van der Waals surface area contributed by atoms with Crippen molar-refractivity contribution in [3.05, 3.63) is 29.1 Å². The third kappa shape index (κ3) is 2.13. The van der Waals surface area contributed by atoms with Crippen LogP contribution in [-0.4, -0.2) is 17.3 Å². The number of aromatic nitrogens is 2. The summed E-state index contributed by atoms with van der Waals surface area (Å²) in [6.07, 6.45) is 0. The maximum atomic E-state index is 5.89. The normalized spacial score (nSPS) is 10.4. The molecule has 1 aromatic carbocycles. The molecule has 1 aromatic heterocycles. The minimum Gasteiger partial charge on any atom is -0.496 e. The highest BCUT2D eigenvalue weighted by Gasteiger charge is 2.13. The van der Waals surface area contributed by atoms with Crippen molar-refractivity contribution in [1.29, 1.82) is 0 Å². The van der Waals surface area contributed by atoms with Gasteiger partial charge >= 0.3 is 0 Å². The highest BCUT2D eigenvalue weighted by molar-refractivity contribution is 6.30. The van der Waals surface area contributed by atoms with E-state index in [0.29, 0.717) is 28.1 Å². The molecule has 2 rings (SSSR count). The lowest BCUT2D eigenvalue weighted by Crippen LogP contribution is -1.87. The predicted octanol–water partition coefficient (Wildman–Crippen LogP) is 3.14. The van der Waals surface area contributed by atoms with Gasteiger partial charge in [0.15, 0.2) is 0 Å². The molecular formula is C10H8Cl2N2O2. The molecule has 0 spiro atoms. The number of hydrogen-bond donors (Lipinski definition) is 0. The van der Waals surface area contributed by atoms with Crippen LogP contribution in [0.5, 0.6) is 5.75 Å². The standard InChI is InChI=1S/C10H8Cl2N2O2/c1-15-8-3-2-6(12)4-7(8)10-14-13-9(5-11)16-10/h2-4H,5H2,1H3. The third-order valence-corrected chi connectivity index (χ3v) is 2.44. The average molecular weight is 259 g/mol. The van der Waals surface area contributed by atoms with Gasteiger partial charge in [0.05, 0.1) is 12.7 Å². The van der Waals surface area contributed by atoms with E-state index in [1.54, 1.807) is 25.3 Å². The molecule has 0 unspecified atom stereocenters. The van der Waals surface area contributed by atoms with Crippen LogP contribution in [0.3, 0.4) is 0 Å². The molecule has 1 heterocycles. The van der Waals surface area contributed by atoms with Crippen LogP contribution in [0.4, 0.5) is 0 Å². The summed E-state index contributed by atoms with van der Waals surface area (Å²) in [5.41, 5.74) is 0.652. The SMILES string of the molecule is COc1ccc(Cl)cc1-c1nnc(CCl)o1. The van der Waals surface area contributed by atoms with E-state index < -0.39 is 0 Å². The number of rotatable bonds is 3. The van der Waals surface area contributed by atoms with Gasteiger partial charge < -0.3 is 9.15 Å². The molecule has 4 nitrogen and oxygen atoms in total. The Hall–Kier alpha value is -1.26. The Kier molecular flexibility index (Phi) is 3.31. The second-order valence-electron chi connectivity index (χ2n) is 2.98. The van der Waals surface area contributed by atoms with Gasteiger partial charge in [-0.1, -0.05) is 11.6 Å². The van der Waals surface area contributed by atoms with Gasteiger partial charge in [-0.15, -0.1) is 21.8 Å². The van der Waals surface area contributed by atoms with Gasteiger partial charge in [-0.2, -0.15) is 0 Å². The molecule has 0 aliphatic heterocycles. The number of benzene rings is 1. The Bertz CT molecular complexity index is 499. The molecule has 84 valence electrons. The van der Waals surface area contributed by atoms with Gasteiger partial charge in [-0.3, -0.25) is 0 Å². The van der Waals surface area contributed by atoms with E-state index >= 15 is 0 Å². The van der Waals surface area contributed by atoms with Gasteiger partial charge in [0.25, 0.3) is 5.89 Å². The van der Waals surface area contributed by atoms with Crippen molar-refractivity contribution in [3.63, 3.8) is 0 Å². The number of nitrogens with zero attached hydrogens (tertiary/aromatic N) is 2. The van der Waals surface area contributed by atoms with Gasteiger partial charge in [0, 0.05) is 5.02 Å². The molecule has 6 heteroatoms. The largest absolute Gasteiger partial charge is 0.496 e. The van der Waals surface area contributed by atoms with Crippen LogP contribution in [0.1, 0.15) is 5.89 Å². The molecule has 0 radical (unpaired) electrons. The second-order valence-corrected chi connectivity index (χ2v) is 3.68. The zero-order valence-electron chi connectivity index (χ0n) is 8.41. The Balaban J connectivity index is 2.49. The minimum absolute atomic E-state index is 0.176. The molecule has 2 aromatic rings. The smallest absolute Gasteiger partial charge is 0.251 e. The summed E-state index contributed by atoms with van der Waals surface area (Å²) in [7, 11) is 1.56. The lowest BCUT2D eigenvalue weighted by atomic mass is 10.2. The lowest BCUT2D eigenvalue weighted by molar-refractivity contribution is 0.414. The second kappa shape index (κ2) is 4.72. The van der Waals surface area contributed by atoms with Crippen molar-refractivity contribution >= 4 is 23.2 Å². The number of hydrogen-bond acceptors (Lipinski definition) is 4. The van der Waals surface area contributed by atoms with Crippen LogP contribution >= 0.6 is 23.2 Å². The van der Waals surface area contributed by atoms with Gasteiger partial charge in [-0.25, -0.2) is 0 Å². The summed E-state index contributed by atoms with van der Waals surface area (Å²) < 4.78 is 10.5. The van der Waals surface area contributed by atoms with E-state index in [1.165, 1.54) is 0 Å². The van der Waals surface area contributed by atoms with Crippen molar-refractivity contribution < 1.29 is 9.15 Å². The first-order chi connectivity index (χ1) is 7.74. The van der Waals surface area contributed by atoms with Crippen LogP contribution in [0, 0.1) is 0 Å². The summed E-state index contributed by atoms with van der Waals surface area (Å²) in [5.74, 6) is 1.50. The zero-order chi connectivity index (χ0) is 11.5. The van der Waals surface area contributed by atoms with E-state index in [4.69, 9.17) is 32.4 Å². The number of alkyl halides is 1. The van der Waals surface area contributed by atoms with Gasteiger partial charge in [-0.05, 0) is 18.2 Å². The number of halogens is 2. The first kappa shape index (κ1) is 11.2. The molecule has 0 amide bonds. The molecule has 0 bridgehead atoms. The van der Waals surface area contributed by atoms with Crippen molar-refractivity contribution in [2.45, 2.75) is 5.88 Å². The Morgan fingerprint density at radius 3 is 2.81 bits per heavy atom. The van der Waals surface area contributed by atoms with Crippen LogP contribution in [0.2, 0.25) is 5.02 Å². The Morgan fingerprint density at radius 2 is 2.19 bits per heavy atom. The monoisotopic (exact) mass is 258 g/mol. The van der Waals surface area contributed by atoms with Crippen LogP contribution in [0.15, 0.2) is 22.6 Å². The maximum Gasteiger partial charge on any atom is 0.251 e. The van der Waals surface area contributed by atoms with E-state index in [9.17, 15) is 0 Å². The summed E-state index contributed by atoms with van der Waals surface area (Å²) in [6, 6.07) is 5.16. The Morgan fingerprint density at radius 1 is 1.38 bits per heavy atom. The zero-order valence-corrected chi connectivity index (χ0v) is 9.92. The highest BCUT2D eigenvalue weighted by Crippen LogP contribution is 2.31. The van der Waals surface area contributed by atoms with E-state index in [1.807, 2.05) is 0 Å². The average Bonchev–Trinajstić information content (AvgIpc) is 2.77. The van der Waals surface area contributed by atoms with Crippen LogP contribution in [-0.2, 0) is 5.88 Å². The molecular weight excluding hydrogens is 251 g/mol. The van der Waals surface area contributed by atoms with Crippen molar-refractivity contribution in [2.75, 3.05) is 7.11 Å². The van der Waals surface area contributed by atoms with Crippen LogP contribution < -0.4 is 4.74 Å². The predicted molar refractivity (Wildman–Crippen MR) is 60.9 cm³/mol. The molecule has 0 atom stereocenters. The first-order valence-electron chi connectivity index (χ1n) is 4.47. The van der Waals surface area contributed by atoms with Crippen molar-refractivity contribution in [2.24, 2.45) is 0 Å².